The highest BCUT2D eigenvalue weighted by atomic mass is 35.5. The Labute approximate surface area is 204 Å². The molecule has 0 amide bonds. The third-order valence-corrected chi connectivity index (χ3v) is 9.03. The molecule has 4 heterocycles. The summed E-state index contributed by atoms with van der Waals surface area (Å²) in [4.78, 5) is 20.0. The van der Waals surface area contributed by atoms with E-state index in [4.69, 9.17) is 16.1 Å². The molecule has 0 atom stereocenters. The molecule has 178 valence electrons. The number of rotatable bonds is 5. The van der Waals surface area contributed by atoms with Crippen LogP contribution in [0.1, 0.15) is 17.1 Å². The molecular weight excluding hydrogens is 500 g/mol. The molecule has 0 N–H and O–H groups in total. The van der Waals surface area contributed by atoms with Crippen molar-refractivity contribution in [1.82, 2.24) is 29.0 Å². The lowest BCUT2D eigenvalue weighted by Crippen LogP contribution is -2.48. The summed E-state index contributed by atoms with van der Waals surface area (Å²) >= 11 is 7.29. The summed E-state index contributed by atoms with van der Waals surface area (Å²) in [5.74, 6) is 0.292. The maximum absolute atomic E-state index is 13.0. The van der Waals surface area contributed by atoms with Gasteiger partial charge in [0.15, 0.2) is 5.76 Å². The first kappa shape index (κ1) is 23.1. The van der Waals surface area contributed by atoms with Crippen LogP contribution in [0.2, 0.25) is 5.02 Å². The Hall–Kier alpha value is -2.64. The number of fused-ring (bicyclic) bond motifs is 1. The van der Waals surface area contributed by atoms with Crippen molar-refractivity contribution >= 4 is 37.9 Å². The predicted octanol–water partition coefficient (Wildman–Crippen LogP) is 2.58. The third-order valence-electron chi connectivity index (χ3n) is 5.67. The quantitative estimate of drug-likeness (QED) is 0.394. The molecule has 0 aliphatic carbocycles. The second kappa shape index (κ2) is 8.86. The lowest BCUT2D eigenvalue weighted by Gasteiger charge is -2.33. The van der Waals surface area contributed by atoms with Crippen molar-refractivity contribution in [1.29, 1.82) is 0 Å². The molecule has 1 aliphatic rings. The maximum Gasteiger partial charge on any atom is 0.275 e. The second-order valence-corrected chi connectivity index (χ2v) is 11.3. The average molecular weight is 521 g/mol. The smallest absolute Gasteiger partial charge is 0.275 e. The topological polar surface area (TPSA) is 114 Å². The van der Waals surface area contributed by atoms with E-state index in [0.717, 1.165) is 5.56 Å². The highest BCUT2D eigenvalue weighted by molar-refractivity contribution is 7.89. The number of sulfonamides is 1. The van der Waals surface area contributed by atoms with Crippen molar-refractivity contribution in [2.45, 2.75) is 25.3 Å². The van der Waals surface area contributed by atoms with Gasteiger partial charge in [-0.1, -0.05) is 40.2 Å². The lowest BCUT2D eigenvalue weighted by atomic mass is 10.2. The van der Waals surface area contributed by atoms with Gasteiger partial charge in [0.05, 0.1) is 5.69 Å². The molecule has 10 nitrogen and oxygen atoms in total. The zero-order valence-electron chi connectivity index (χ0n) is 18.4. The van der Waals surface area contributed by atoms with E-state index < -0.39 is 10.0 Å². The van der Waals surface area contributed by atoms with Gasteiger partial charge in [-0.3, -0.25) is 9.69 Å². The zero-order chi connectivity index (χ0) is 24.0. The van der Waals surface area contributed by atoms with E-state index in [1.54, 1.807) is 26.0 Å². The van der Waals surface area contributed by atoms with Gasteiger partial charge < -0.3 is 4.52 Å². The van der Waals surface area contributed by atoms with Crippen LogP contribution < -0.4 is 5.56 Å². The van der Waals surface area contributed by atoms with Crippen molar-refractivity contribution in [3.05, 3.63) is 62.9 Å². The Balaban J connectivity index is 1.31. The first-order valence-corrected chi connectivity index (χ1v) is 13.2. The minimum Gasteiger partial charge on any atom is -0.360 e. The number of piperazine rings is 1. The number of hydrogen-bond acceptors (Lipinski definition) is 9. The fourth-order valence-electron chi connectivity index (χ4n) is 3.98. The maximum atomic E-state index is 13.0. The summed E-state index contributed by atoms with van der Waals surface area (Å²) in [6.07, 6.45) is 0. The van der Waals surface area contributed by atoms with Crippen LogP contribution >= 0.6 is 22.9 Å². The van der Waals surface area contributed by atoms with Crippen molar-refractivity contribution in [2.75, 3.05) is 26.2 Å². The zero-order valence-corrected chi connectivity index (χ0v) is 20.8. The fourth-order valence-corrected chi connectivity index (χ4v) is 6.74. The summed E-state index contributed by atoms with van der Waals surface area (Å²) in [5.41, 5.74) is 1.59. The van der Waals surface area contributed by atoms with E-state index in [1.807, 2.05) is 12.1 Å². The monoisotopic (exact) mass is 520 g/mol. The van der Waals surface area contributed by atoms with Gasteiger partial charge in [0.1, 0.15) is 15.6 Å². The van der Waals surface area contributed by atoms with E-state index in [-0.39, 0.29) is 10.5 Å². The molecule has 1 aliphatic heterocycles. The molecule has 13 heteroatoms. The first-order chi connectivity index (χ1) is 16.2. The van der Waals surface area contributed by atoms with Crippen LogP contribution in [-0.2, 0) is 16.6 Å². The van der Waals surface area contributed by atoms with Crippen LogP contribution in [0.25, 0.3) is 15.5 Å². The second-order valence-electron chi connectivity index (χ2n) is 8.03. The third kappa shape index (κ3) is 4.27. The van der Waals surface area contributed by atoms with Gasteiger partial charge >= 0.3 is 0 Å². The Bertz CT molecular complexity index is 1500. The molecule has 0 radical (unpaired) electrons. The van der Waals surface area contributed by atoms with Gasteiger partial charge in [-0.15, -0.1) is 0 Å². The van der Waals surface area contributed by atoms with Crippen molar-refractivity contribution in [3.63, 3.8) is 0 Å². The van der Waals surface area contributed by atoms with Crippen molar-refractivity contribution in [3.8, 4) is 10.6 Å². The molecule has 0 bridgehead atoms. The predicted molar refractivity (Wildman–Crippen MR) is 128 cm³/mol. The number of halogens is 1. The van der Waals surface area contributed by atoms with Gasteiger partial charge in [0, 0.05) is 49.4 Å². The fraction of sp³-hybridized carbons (Fsp3) is 0.333. The Kier molecular flexibility index (Phi) is 6.02. The minimum atomic E-state index is -3.67. The highest BCUT2D eigenvalue weighted by Gasteiger charge is 2.33. The van der Waals surface area contributed by atoms with Gasteiger partial charge in [0.25, 0.3) is 5.56 Å². The highest BCUT2D eigenvalue weighted by Crippen LogP contribution is 2.26. The number of nitrogens with zero attached hydrogens (tertiary/aromatic N) is 6. The van der Waals surface area contributed by atoms with Crippen LogP contribution in [0, 0.1) is 13.8 Å². The largest absolute Gasteiger partial charge is 0.360 e. The van der Waals surface area contributed by atoms with E-state index >= 15 is 0 Å². The van der Waals surface area contributed by atoms with Crippen LogP contribution in [0.3, 0.4) is 0 Å². The summed E-state index contributed by atoms with van der Waals surface area (Å²) in [6, 6.07) is 8.72. The molecule has 1 fully saturated rings. The lowest BCUT2D eigenvalue weighted by molar-refractivity contribution is 0.180. The van der Waals surface area contributed by atoms with Crippen LogP contribution in [0.5, 0.6) is 0 Å². The standard InChI is InChI=1S/C21H21ClN6O4S2/c1-13-19(14(2)32-25-13)34(30,31)27-9-7-26(8-10-27)12-17-11-18(29)28-21(23-17)33-20(24-28)15-3-5-16(22)6-4-15/h3-6,11H,7-10,12H2,1-2H3. The van der Waals surface area contributed by atoms with E-state index in [0.29, 0.717) is 64.9 Å². The molecule has 1 aromatic carbocycles. The number of benzene rings is 1. The van der Waals surface area contributed by atoms with Gasteiger partial charge in [-0.25, -0.2) is 13.4 Å². The van der Waals surface area contributed by atoms with E-state index in [9.17, 15) is 13.2 Å². The van der Waals surface area contributed by atoms with E-state index in [2.05, 4.69) is 20.1 Å². The summed E-state index contributed by atoms with van der Waals surface area (Å²) < 4.78 is 33.8. The van der Waals surface area contributed by atoms with E-state index in [1.165, 1.54) is 26.2 Å². The Morgan fingerprint density at radius 1 is 1.12 bits per heavy atom. The number of aromatic nitrogens is 4. The van der Waals surface area contributed by atoms with Gasteiger partial charge in [0.2, 0.25) is 15.0 Å². The SMILES string of the molecule is Cc1noc(C)c1S(=O)(=O)N1CCN(Cc2cc(=O)n3nc(-c4ccc(Cl)cc4)sc3n2)CC1. The van der Waals surface area contributed by atoms with Crippen LogP contribution in [-0.4, -0.2) is 63.6 Å². The minimum absolute atomic E-state index is 0.141. The van der Waals surface area contributed by atoms with Crippen LogP contribution in [0.15, 0.2) is 44.5 Å². The molecule has 4 aromatic rings. The number of hydrogen-bond donors (Lipinski definition) is 0. The average Bonchev–Trinajstić information content (AvgIpc) is 3.38. The molecule has 0 spiro atoms. The summed E-state index contributed by atoms with van der Waals surface area (Å²) in [5, 5.41) is 9.46. The van der Waals surface area contributed by atoms with Gasteiger partial charge in [-0.2, -0.15) is 13.9 Å². The summed E-state index contributed by atoms with van der Waals surface area (Å²) in [6.45, 7) is 5.35. The summed E-state index contributed by atoms with van der Waals surface area (Å²) in [7, 11) is -3.67. The molecule has 34 heavy (non-hydrogen) atoms. The molecule has 0 unspecified atom stereocenters. The first-order valence-electron chi connectivity index (χ1n) is 10.5. The van der Waals surface area contributed by atoms with Gasteiger partial charge in [-0.05, 0) is 26.0 Å². The normalized spacial score (nSPS) is 15.9. The molecule has 1 saturated heterocycles. The van der Waals surface area contributed by atoms with Crippen LogP contribution in [0.4, 0.5) is 0 Å². The molecule has 3 aromatic heterocycles. The Morgan fingerprint density at radius 3 is 2.47 bits per heavy atom. The number of aryl methyl sites for hydroxylation is 2. The molecular formula is C21H21ClN6O4S2. The molecule has 0 saturated carbocycles. The Morgan fingerprint density at radius 2 is 1.82 bits per heavy atom. The van der Waals surface area contributed by atoms with Crippen molar-refractivity contribution < 1.29 is 12.9 Å². The molecule has 5 rings (SSSR count). The van der Waals surface area contributed by atoms with Crippen molar-refractivity contribution in [2.24, 2.45) is 0 Å².